The Labute approximate surface area is 169 Å². The van der Waals surface area contributed by atoms with E-state index in [1.165, 1.54) is 5.57 Å². The van der Waals surface area contributed by atoms with Gasteiger partial charge in [0.2, 0.25) is 0 Å². The predicted octanol–water partition coefficient (Wildman–Crippen LogP) is 5.79. The molecule has 3 heterocycles. The number of ether oxygens (including phenoxy) is 2. The SMILES string of the molecule is COc1ccc2c(c1CC=C(C)C)OC(c1ccco1)C(=Cc1ccco1)C2=O. The molecule has 0 fully saturated rings. The highest BCUT2D eigenvalue weighted by molar-refractivity contribution is 6.14. The van der Waals surface area contributed by atoms with Gasteiger partial charge in [-0.3, -0.25) is 4.79 Å². The third kappa shape index (κ3) is 3.63. The van der Waals surface area contributed by atoms with Crippen LogP contribution in [0.4, 0.5) is 0 Å². The molecule has 5 nitrogen and oxygen atoms in total. The summed E-state index contributed by atoms with van der Waals surface area (Å²) in [6.45, 7) is 4.06. The van der Waals surface area contributed by atoms with Crippen molar-refractivity contribution in [1.82, 2.24) is 0 Å². The Bertz CT molecular complexity index is 1060. The van der Waals surface area contributed by atoms with Gasteiger partial charge in [0.1, 0.15) is 23.0 Å². The normalized spacial score (nSPS) is 17.0. The number of furan rings is 2. The molecule has 0 saturated heterocycles. The smallest absolute Gasteiger partial charge is 0.197 e. The summed E-state index contributed by atoms with van der Waals surface area (Å²) in [5, 5.41) is 0. The second-order valence-electron chi connectivity index (χ2n) is 7.07. The van der Waals surface area contributed by atoms with Crippen LogP contribution in [0.2, 0.25) is 0 Å². The number of ketones is 1. The summed E-state index contributed by atoms with van der Waals surface area (Å²) in [6.07, 6.45) is 6.86. The molecule has 1 aromatic carbocycles. The predicted molar refractivity (Wildman–Crippen MR) is 109 cm³/mol. The van der Waals surface area contributed by atoms with Gasteiger partial charge in [-0.05, 0) is 62.7 Å². The quantitative estimate of drug-likeness (QED) is 0.408. The lowest BCUT2D eigenvalue weighted by Gasteiger charge is -2.28. The van der Waals surface area contributed by atoms with Crippen LogP contribution in [0.1, 0.15) is 47.4 Å². The summed E-state index contributed by atoms with van der Waals surface area (Å²) < 4.78 is 22.9. The monoisotopic (exact) mass is 390 g/mol. The molecular weight excluding hydrogens is 368 g/mol. The van der Waals surface area contributed by atoms with Gasteiger partial charge in [-0.25, -0.2) is 0 Å². The molecule has 0 bridgehead atoms. The number of methoxy groups -OCH3 is 1. The van der Waals surface area contributed by atoms with Crippen molar-refractivity contribution in [1.29, 1.82) is 0 Å². The molecule has 29 heavy (non-hydrogen) atoms. The van der Waals surface area contributed by atoms with Crippen molar-refractivity contribution in [2.45, 2.75) is 26.4 Å². The van der Waals surface area contributed by atoms with Gasteiger partial charge in [0.15, 0.2) is 11.9 Å². The third-order valence-corrected chi connectivity index (χ3v) is 4.82. The molecular formula is C24H22O5. The number of allylic oxidation sites excluding steroid dienone is 2. The van der Waals surface area contributed by atoms with Crippen molar-refractivity contribution in [2.24, 2.45) is 0 Å². The molecule has 3 aromatic rings. The van der Waals surface area contributed by atoms with Crippen LogP contribution < -0.4 is 9.47 Å². The molecule has 4 rings (SSSR count). The molecule has 1 unspecified atom stereocenters. The molecule has 2 aromatic heterocycles. The van der Waals surface area contributed by atoms with Crippen LogP contribution in [0, 0.1) is 0 Å². The van der Waals surface area contributed by atoms with Gasteiger partial charge < -0.3 is 18.3 Å². The summed E-state index contributed by atoms with van der Waals surface area (Å²) in [5.41, 5.74) is 2.98. The Morgan fingerprint density at radius 1 is 1.10 bits per heavy atom. The Morgan fingerprint density at radius 2 is 1.90 bits per heavy atom. The van der Waals surface area contributed by atoms with E-state index in [1.54, 1.807) is 56.0 Å². The lowest BCUT2D eigenvalue weighted by Crippen LogP contribution is -2.24. The van der Waals surface area contributed by atoms with Crippen molar-refractivity contribution in [2.75, 3.05) is 7.11 Å². The molecule has 0 amide bonds. The average molecular weight is 390 g/mol. The number of carbonyl (C=O) groups is 1. The van der Waals surface area contributed by atoms with Crippen molar-refractivity contribution < 1.29 is 23.1 Å². The fourth-order valence-electron chi connectivity index (χ4n) is 3.39. The van der Waals surface area contributed by atoms with Crippen LogP contribution in [-0.4, -0.2) is 12.9 Å². The summed E-state index contributed by atoms with van der Waals surface area (Å²) >= 11 is 0. The summed E-state index contributed by atoms with van der Waals surface area (Å²) in [6, 6.07) is 10.7. The van der Waals surface area contributed by atoms with Gasteiger partial charge in [-0.15, -0.1) is 0 Å². The van der Waals surface area contributed by atoms with Gasteiger partial charge in [0.05, 0.1) is 30.8 Å². The van der Waals surface area contributed by atoms with Crippen LogP contribution in [0.15, 0.2) is 75.0 Å². The maximum atomic E-state index is 13.5. The first-order chi connectivity index (χ1) is 14.1. The minimum Gasteiger partial charge on any atom is -0.496 e. The Kier molecular flexibility index (Phi) is 5.12. The summed E-state index contributed by atoms with van der Waals surface area (Å²) in [7, 11) is 1.62. The van der Waals surface area contributed by atoms with E-state index >= 15 is 0 Å². The standard InChI is InChI=1S/C24H22O5/c1-15(2)8-9-17-20(26-3)11-10-18-22(25)19(14-16-6-4-12-27-16)24(29-23(17)18)21-7-5-13-28-21/h4-8,10-14,24H,9H2,1-3H3. The molecule has 5 heteroatoms. The summed E-state index contributed by atoms with van der Waals surface area (Å²) in [4.78, 5) is 13.5. The fourth-order valence-corrected chi connectivity index (χ4v) is 3.39. The molecule has 0 aliphatic carbocycles. The zero-order chi connectivity index (χ0) is 20.4. The minimum atomic E-state index is -0.673. The van der Waals surface area contributed by atoms with Gasteiger partial charge in [-0.2, -0.15) is 0 Å². The van der Waals surface area contributed by atoms with Gasteiger partial charge in [-0.1, -0.05) is 11.6 Å². The minimum absolute atomic E-state index is 0.120. The van der Waals surface area contributed by atoms with Crippen LogP contribution in [-0.2, 0) is 6.42 Å². The fraction of sp³-hybridized carbons (Fsp3) is 0.208. The topological polar surface area (TPSA) is 61.8 Å². The first kappa shape index (κ1) is 18.9. The maximum absolute atomic E-state index is 13.5. The van der Waals surface area contributed by atoms with Crippen LogP contribution in [0.5, 0.6) is 11.5 Å². The number of hydrogen-bond acceptors (Lipinski definition) is 5. The van der Waals surface area contributed by atoms with Gasteiger partial charge >= 0.3 is 0 Å². The zero-order valence-corrected chi connectivity index (χ0v) is 16.6. The first-order valence-electron chi connectivity index (χ1n) is 9.41. The molecule has 0 spiro atoms. The lowest BCUT2D eigenvalue weighted by atomic mass is 9.90. The highest BCUT2D eigenvalue weighted by Gasteiger charge is 2.36. The highest BCUT2D eigenvalue weighted by Crippen LogP contribution is 2.44. The van der Waals surface area contributed by atoms with Crippen molar-refractivity contribution in [3.05, 3.63) is 88.8 Å². The molecule has 1 aliphatic rings. The number of Topliss-reactive ketones (excluding diaryl/α,β-unsaturated/α-hetero) is 1. The Morgan fingerprint density at radius 3 is 2.55 bits per heavy atom. The third-order valence-electron chi connectivity index (χ3n) is 4.82. The van der Waals surface area contributed by atoms with Crippen molar-refractivity contribution in [3.8, 4) is 11.5 Å². The number of carbonyl (C=O) groups excluding carboxylic acids is 1. The Hall–Kier alpha value is -3.47. The van der Waals surface area contributed by atoms with Gasteiger partial charge in [0, 0.05) is 5.56 Å². The highest BCUT2D eigenvalue weighted by atomic mass is 16.5. The largest absolute Gasteiger partial charge is 0.496 e. The van der Waals surface area contributed by atoms with Crippen molar-refractivity contribution in [3.63, 3.8) is 0 Å². The van der Waals surface area contributed by atoms with E-state index < -0.39 is 6.10 Å². The van der Waals surface area contributed by atoms with E-state index in [4.69, 9.17) is 18.3 Å². The molecule has 0 N–H and O–H groups in total. The molecule has 0 radical (unpaired) electrons. The molecule has 0 saturated carbocycles. The van der Waals surface area contributed by atoms with Crippen LogP contribution in [0.3, 0.4) is 0 Å². The molecule has 1 aliphatic heterocycles. The second kappa shape index (κ2) is 7.87. The number of hydrogen-bond donors (Lipinski definition) is 0. The lowest BCUT2D eigenvalue weighted by molar-refractivity contribution is 0.0946. The van der Waals surface area contributed by atoms with Gasteiger partial charge in [0.25, 0.3) is 0 Å². The van der Waals surface area contributed by atoms with E-state index in [2.05, 4.69) is 6.08 Å². The first-order valence-corrected chi connectivity index (χ1v) is 9.41. The van der Waals surface area contributed by atoms with Crippen LogP contribution in [0.25, 0.3) is 6.08 Å². The average Bonchev–Trinajstić information content (AvgIpc) is 3.42. The number of rotatable bonds is 5. The zero-order valence-electron chi connectivity index (χ0n) is 16.6. The maximum Gasteiger partial charge on any atom is 0.197 e. The number of fused-ring (bicyclic) bond motifs is 1. The van der Waals surface area contributed by atoms with E-state index in [1.807, 2.05) is 19.9 Å². The van der Waals surface area contributed by atoms with Crippen molar-refractivity contribution >= 4 is 11.9 Å². The molecule has 148 valence electrons. The van der Waals surface area contributed by atoms with E-state index in [-0.39, 0.29) is 5.78 Å². The Balaban J connectivity index is 1.88. The van der Waals surface area contributed by atoms with E-state index in [0.29, 0.717) is 40.6 Å². The summed E-state index contributed by atoms with van der Waals surface area (Å²) in [5.74, 6) is 2.23. The van der Waals surface area contributed by atoms with E-state index in [9.17, 15) is 4.79 Å². The second-order valence-corrected chi connectivity index (χ2v) is 7.07. The molecule has 1 atom stereocenters. The van der Waals surface area contributed by atoms with E-state index in [0.717, 1.165) is 5.56 Å². The number of benzene rings is 1. The van der Waals surface area contributed by atoms with Crippen LogP contribution >= 0.6 is 0 Å².